The second-order valence-corrected chi connectivity index (χ2v) is 2.13. The summed E-state index contributed by atoms with van der Waals surface area (Å²) in [6.07, 6.45) is 3.73. The lowest BCUT2D eigenvalue weighted by Gasteiger charge is -2.07. The van der Waals surface area contributed by atoms with E-state index in [1.165, 1.54) is 0 Å². The fourth-order valence-electron chi connectivity index (χ4n) is 0.464. The van der Waals surface area contributed by atoms with Crippen molar-refractivity contribution in [3.63, 3.8) is 0 Å². The fourth-order valence-corrected chi connectivity index (χ4v) is 0.464. The monoisotopic (exact) mass is 114 g/mol. The summed E-state index contributed by atoms with van der Waals surface area (Å²) in [5.41, 5.74) is 0. The molecular weight excluding hydrogens is 100 g/mol. The van der Waals surface area contributed by atoms with Crippen molar-refractivity contribution in [2.45, 2.75) is 26.9 Å². The molecule has 0 spiro atoms. The smallest absolute Gasteiger partial charge is 0.0572 e. The SMILES string of the molecule is C/C=C\[C@@H](C)[C@@H](C)O. The van der Waals surface area contributed by atoms with Gasteiger partial charge in [0.2, 0.25) is 0 Å². The lowest BCUT2D eigenvalue weighted by atomic mass is 10.1. The van der Waals surface area contributed by atoms with Crippen LogP contribution in [0.25, 0.3) is 0 Å². The van der Waals surface area contributed by atoms with E-state index in [-0.39, 0.29) is 6.10 Å². The Bertz CT molecular complexity index is 74.5. The van der Waals surface area contributed by atoms with Crippen LogP contribution in [0.3, 0.4) is 0 Å². The Morgan fingerprint density at radius 3 is 2.00 bits per heavy atom. The summed E-state index contributed by atoms with van der Waals surface area (Å²) in [4.78, 5) is 0. The third-order valence-electron chi connectivity index (χ3n) is 1.26. The molecule has 0 saturated carbocycles. The normalized spacial score (nSPS) is 19.0. The maximum absolute atomic E-state index is 8.90. The summed E-state index contributed by atoms with van der Waals surface area (Å²) in [6, 6.07) is 0. The Morgan fingerprint density at radius 1 is 1.38 bits per heavy atom. The van der Waals surface area contributed by atoms with Gasteiger partial charge in [-0.15, -0.1) is 0 Å². The molecule has 0 aliphatic carbocycles. The second-order valence-electron chi connectivity index (χ2n) is 2.13. The van der Waals surface area contributed by atoms with Crippen LogP contribution in [0.2, 0.25) is 0 Å². The van der Waals surface area contributed by atoms with Gasteiger partial charge in [0.15, 0.2) is 0 Å². The van der Waals surface area contributed by atoms with Gasteiger partial charge in [-0.25, -0.2) is 0 Å². The molecule has 0 heterocycles. The molecule has 0 aromatic carbocycles. The number of hydrogen-bond donors (Lipinski definition) is 1. The summed E-state index contributed by atoms with van der Waals surface area (Å²) in [5, 5.41) is 8.90. The third kappa shape index (κ3) is 2.80. The van der Waals surface area contributed by atoms with Gasteiger partial charge in [0, 0.05) is 0 Å². The van der Waals surface area contributed by atoms with Crippen LogP contribution in [0, 0.1) is 5.92 Å². The van der Waals surface area contributed by atoms with Crippen molar-refractivity contribution >= 4 is 0 Å². The minimum Gasteiger partial charge on any atom is -0.393 e. The molecule has 0 amide bonds. The van der Waals surface area contributed by atoms with E-state index in [4.69, 9.17) is 5.11 Å². The van der Waals surface area contributed by atoms with E-state index in [9.17, 15) is 0 Å². The Hall–Kier alpha value is -0.300. The number of aliphatic hydroxyl groups is 1. The Morgan fingerprint density at radius 2 is 1.88 bits per heavy atom. The maximum Gasteiger partial charge on any atom is 0.0572 e. The van der Waals surface area contributed by atoms with E-state index >= 15 is 0 Å². The molecule has 0 bridgehead atoms. The molecule has 0 aromatic heterocycles. The van der Waals surface area contributed by atoms with Crippen LogP contribution in [0.4, 0.5) is 0 Å². The van der Waals surface area contributed by atoms with Gasteiger partial charge in [-0.2, -0.15) is 0 Å². The van der Waals surface area contributed by atoms with Gasteiger partial charge < -0.3 is 5.11 Å². The van der Waals surface area contributed by atoms with E-state index < -0.39 is 0 Å². The largest absolute Gasteiger partial charge is 0.393 e. The number of hydrogen-bond acceptors (Lipinski definition) is 1. The minimum atomic E-state index is -0.216. The summed E-state index contributed by atoms with van der Waals surface area (Å²) in [5.74, 6) is 0.292. The molecule has 0 fully saturated rings. The molecule has 0 saturated heterocycles. The van der Waals surface area contributed by atoms with Crippen molar-refractivity contribution in [2.24, 2.45) is 5.92 Å². The van der Waals surface area contributed by atoms with Crippen LogP contribution in [0.15, 0.2) is 12.2 Å². The average molecular weight is 114 g/mol. The first-order valence-corrected chi connectivity index (χ1v) is 2.99. The first-order valence-electron chi connectivity index (χ1n) is 2.99. The van der Waals surface area contributed by atoms with E-state index in [2.05, 4.69) is 0 Å². The van der Waals surface area contributed by atoms with Crippen molar-refractivity contribution in [3.8, 4) is 0 Å². The van der Waals surface area contributed by atoms with E-state index in [1.54, 1.807) is 6.92 Å². The van der Waals surface area contributed by atoms with Gasteiger partial charge in [-0.1, -0.05) is 19.1 Å². The summed E-state index contributed by atoms with van der Waals surface area (Å²) < 4.78 is 0. The van der Waals surface area contributed by atoms with Gasteiger partial charge in [0.25, 0.3) is 0 Å². The Kier molecular flexibility index (Phi) is 3.53. The highest BCUT2D eigenvalue weighted by atomic mass is 16.3. The zero-order valence-electron chi connectivity index (χ0n) is 5.76. The molecule has 0 aliphatic heterocycles. The quantitative estimate of drug-likeness (QED) is 0.540. The van der Waals surface area contributed by atoms with E-state index in [0.717, 1.165) is 0 Å². The predicted octanol–water partition coefficient (Wildman–Crippen LogP) is 1.58. The topological polar surface area (TPSA) is 20.2 Å². The molecule has 1 heteroatoms. The molecule has 2 atom stereocenters. The lowest BCUT2D eigenvalue weighted by molar-refractivity contribution is 0.157. The van der Waals surface area contributed by atoms with Crippen LogP contribution < -0.4 is 0 Å². The molecule has 48 valence electrons. The van der Waals surface area contributed by atoms with E-state index in [1.807, 2.05) is 26.0 Å². The van der Waals surface area contributed by atoms with Crippen molar-refractivity contribution in [2.75, 3.05) is 0 Å². The van der Waals surface area contributed by atoms with Crippen molar-refractivity contribution in [1.82, 2.24) is 0 Å². The fraction of sp³-hybridized carbons (Fsp3) is 0.714. The molecule has 0 aliphatic rings. The van der Waals surface area contributed by atoms with Gasteiger partial charge in [0.1, 0.15) is 0 Å². The zero-order valence-corrected chi connectivity index (χ0v) is 5.76. The molecule has 1 N–H and O–H groups in total. The van der Waals surface area contributed by atoms with Gasteiger partial charge in [-0.3, -0.25) is 0 Å². The number of rotatable bonds is 2. The Balaban J connectivity index is 3.47. The molecule has 0 radical (unpaired) electrons. The molecule has 1 nitrogen and oxygen atoms in total. The average Bonchev–Trinajstić information content (AvgIpc) is 1.67. The maximum atomic E-state index is 8.90. The van der Waals surface area contributed by atoms with Gasteiger partial charge >= 0.3 is 0 Å². The highest BCUT2D eigenvalue weighted by Gasteiger charge is 2.01. The molecular formula is C7H14O. The van der Waals surface area contributed by atoms with Crippen LogP contribution in [0.1, 0.15) is 20.8 Å². The van der Waals surface area contributed by atoms with Crippen LogP contribution >= 0.6 is 0 Å². The second kappa shape index (κ2) is 3.67. The summed E-state index contributed by atoms with van der Waals surface area (Å²) >= 11 is 0. The summed E-state index contributed by atoms with van der Waals surface area (Å²) in [6.45, 7) is 5.74. The highest BCUT2D eigenvalue weighted by molar-refractivity contribution is 4.85. The zero-order chi connectivity index (χ0) is 6.57. The molecule has 0 rings (SSSR count). The molecule has 0 unspecified atom stereocenters. The first kappa shape index (κ1) is 7.70. The number of allylic oxidation sites excluding steroid dienone is 1. The summed E-state index contributed by atoms with van der Waals surface area (Å²) in [7, 11) is 0. The molecule has 8 heavy (non-hydrogen) atoms. The first-order chi connectivity index (χ1) is 3.68. The standard InChI is InChI=1S/C7H14O/c1-4-5-6(2)7(3)8/h4-8H,1-3H3/b5-4-/t6-,7-/m1/s1. The van der Waals surface area contributed by atoms with Crippen LogP contribution in [-0.4, -0.2) is 11.2 Å². The van der Waals surface area contributed by atoms with Gasteiger partial charge in [-0.05, 0) is 19.8 Å². The van der Waals surface area contributed by atoms with Crippen molar-refractivity contribution < 1.29 is 5.11 Å². The van der Waals surface area contributed by atoms with Crippen LogP contribution in [0.5, 0.6) is 0 Å². The lowest BCUT2D eigenvalue weighted by Crippen LogP contribution is -2.09. The Labute approximate surface area is 51.0 Å². The predicted molar refractivity (Wildman–Crippen MR) is 35.7 cm³/mol. The number of aliphatic hydroxyl groups excluding tert-OH is 1. The minimum absolute atomic E-state index is 0.216. The van der Waals surface area contributed by atoms with Crippen LogP contribution in [-0.2, 0) is 0 Å². The molecule has 0 aromatic rings. The van der Waals surface area contributed by atoms with Crippen molar-refractivity contribution in [3.05, 3.63) is 12.2 Å². The van der Waals surface area contributed by atoms with Crippen molar-refractivity contribution in [1.29, 1.82) is 0 Å². The highest BCUT2D eigenvalue weighted by Crippen LogP contribution is 2.02. The van der Waals surface area contributed by atoms with E-state index in [0.29, 0.717) is 5.92 Å². The van der Waals surface area contributed by atoms with Gasteiger partial charge in [0.05, 0.1) is 6.10 Å². The third-order valence-corrected chi connectivity index (χ3v) is 1.26.